The van der Waals surface area contributed by atoms with E-state index in [2.05, 4.69) is 51.9 Å². The lowest BCUT2D eigenvalue weighted by molar-refractivity contribution is -0.118. The van der Waals surface area contributed by atoms with Gasteiger partial charge >= 0.3 is 0 Å². The Kier molecular flexibility index (Phi) is 6.52. The van der Waals surface area contributed by atoms with E-state index in [0.29, 0.717) is 12.3 Å². The van der Waals surface area contributed by atoms with Crippen molar-refractivity contribution in [1.29, 1.82) is 0 Å². The molecule has 0 saturated carbocycles. The Morgan fingerprint density at radius 1 is 0.700 bits per heavy atom. The molecule has 0 aliphatic rings. The molecule has 1 aromatic heterocycles. The molecule has 0 bridgehead atoms. The Morgan fingerprint density at radius 2 is 1.33 bits per heavy atom. The zero-order valence-corrected chi connectivity index (χ0v) is 17.2. The Hall–Kier alpha value is -3.44. The van der Waals surface area contributed by atoms with Crippen molar-refractivity contribution >= 4 is 17.7 Å². The Morgan fingerprint density at radius 3 is 2.00 bits per heavy atom. The fourth-order valence-electron chi connectivity index (χ4n) is 3.00. The molecule has 5 heteroatoms. The zero-order chi connectivity index (χ0) is 20.6. The first kappa shape index (κ1) is 19.9. The van der Waals surface area contributed by atoms with Gasteiger partial charge in [-0.1, -0.05) is 96.7 Å². The Labute approximate surface area is 180 Å². The van der Waals surface area contributed by atoms with Crippen molar-refractivity contribution in [2.24, 2.45) is 0 Å². The van der Waals surface area contributed by atoms with Crippen LogP contribution < -0.4 is 5.32 Å². The molecule has 0 aliphatic carbocycles. The van der Waals surface area contributed by atoms with Crippen LogP contribution in [0, 0.1) is 0 Å². The standard InChI is InChI=1S/C25H21N3OS/c29-24(26-17-19-7-3-1-4-8-19)18-30-25-16-15-23(27-28-25)22-13-11-21(12-14-22)20-9-5-2-6-10-20/h1-16H,17-18H2,(H,26,29). The quantitative estimate of drug-likeness (QED) is 0.424. The number of carbonyl (C=O) groups is 1. The Balaban J connectivity index is 1.31. The third-order valence-corrected chi connectivity index (χ3v) is 5.53. The number of aromatic nitrogens is 2. The molecule has 148 valence electrons. The van der Waals surface area contributed by atoms with Gasteiger partial charge in [0, 0.05) is 12.1 Å². The van der Waals surface area contributed by atoms with Crippen LogP contribution in [0.5, 0.6) is 0 Å². The van der Waals surface area contributed by atoms with E-state index in [0.717, 1.165) is 21.8 Å². The van der Waals surface area contributed by atoms with Crippen LogP contribution in [-0.2, 0) is 11.3 Å². The minimum Gasteiger partial charge on any atom is -0.351 e. The summed E-state index contributed by atoms with van der Waals surface area (Å²) in [5.41, 5.74) is 5.26. The lowest BCUT2D eigenvalue weighted by Gasteiger charge is -2.06. The predicted octanol–water partition coefficient (Wildman–Crippen LogP) is 5.22. The van der Waals surface area contributed by atoms with E-state index in [4.69, 9.17) is 0 Å². The third kappa shape index (κ3) is 5.33. The first-order chi connectivity index (χ1) is 14.8. The summed E-state index contributed by atoms with van der Waals surface area (Å²) in [6, 6.07) is 32.3. The molecule has 1 heterocycles. The van der Waals surface area contributed by atoms with Gasteiger partial charge in [-0.25, -0.2) is 0 Å². The molecule has 1 amide bonds. The molecule has 4 aromatic rings. The van der Waals surface area contributed by atoms with E-state index in [1.807, 2.05) is 60.7 Å². The number of hydrogen-bond donors (Lipinski definition) is 1. The molecule has 1 N–H and O–H groups in total. The van der Waals surface area contributed by atoms with Crippen molar-refractivity contribution in [3.05, 3.63) is 103 Å². The van der Waals surface area contributed by atoms with Crippen LogP contribution in [0.3, 0.4) is 0 Å². The maximum absolute atomic E-state index is 12.0. The van der Waals surface area contributed by atoms with Crippen LogP contribution in [-0.4, -0.2) is 21.9 Å². The highest BCUT2D eigenvalue weighted by Gasteiger charge is 2.06. The number of nitrogens with one attached hydrogen (secondary N) is 1. The van der Waals surface area contributed by atoms with E-state index in [1.165, 1.54) is 22.9 Å². The second-order valence-electron chi connectivity index (χ2n) is 6.75. The summed E-state index contributed by atoms with van der Waals surface area (Å²) in [4.78, 5) is 12.0. The number of hydrogen-bond acceptors (Lipinski definition) is 4. The van der Waals surface area contributed by atoms with Gasteiger partial charge in [0.15, 0.2) is 0 Å². The molecule has 4 nitrogen and oxygen atoms in total. The number of benzene rings is 3. The second kappa shape index (κ2) is 9.85. The maximum Gasteiger partial charge on any atom is 0.230 e. The van der Waals surface area contributed by atoms with Gasteiger partial charge in [0.1, 0.15) is 5.03 Å². The van der Waals surface area contributed by atoms with Crippen LogP contribution in [0.1, 0.15) is 5.56 Å². The number of carbonyl (C=O) groups excluding carboxylic acids is 1. The molecule has 4 rings (SSSR count). The highest BCUT2D eigenvalue weighted by molar-refractivity contribution is 7.99. The largest absolute Gasteiger partial charge is 0.351 e. The SMILES string of the molecule is O=C(CSc1ccc(-c2ccc(-c3ccccc3)cc2)nn1)NCc1ccccc1. The molecule has 0 saturated heterocycles. The highest BCUT2D eigenvalue weighted by Crippen LogP contribution is 2.24. The van der Waals surface area contributed by atoms with Crippen LogP contribution in [0.4, 0.5) is 0 Å². The lowest BCUT2D eigenvalue weighted by atomic mass is 10.0. The first-order valence-corrected chi connectivity index (χ1v) is 10.7. The molecule has 0 spiro atoms. The monoisotopic (exact) mass is 411 g/mol. The fraction of sp³-hybridized carbons (Fsp3) is 0.0800. The summed E-state index contributed by atoms with van der Waals surface area (Å²) >= 11 is 1.38. The van der Waals surface area contributed by atoms with E-state index in [1.54, 1.807) is 0 Å². The van der Waals surface area contributed by atoms with Crippen molar-refractivity contribution in [1.82, 2.24) is 15.5 Å². The van der Waals surface area contributed by atoms with Gasteiger partial charge in [-0.3, -0.25) is 4.79 Å². The summed E-state index contributed by atoms with van der Waals surface area (Å²) in [6.45, 7) is 0.532. The summed E-state index contributed by atoms with van der Waals surface area (Å²) in [6.07, 6.45) is 0. The molecular formula is C25H21N3OS. The van der Waals surface area contributed by atoms with Gasteiger partial charge in [-0.15, -0.1) is 10.2 Å². The second-order valence-corrected chi connectivity index (χ2v) is 7.75. The zero-order valence-electron chi connectivity index (χ0n) is 16.4. The minimum absolute atomic E-state index is 0.0220. The third-order valence-electron chi connectivity index (χ3n) is 4.61. The molecule has 0 unspecified atom stereocenters. The first-order valence-electron chi connectivity index (χ1n) is 9.71. The lowest BCUT2D eigenvalue weighted by Crippen LogP contribution is -2.24. The predicted molar refractivity (Wildman–Crippen MR) is 122 cm³/mol. The van der Waals surface area contributed by atoms with Crippen LogP contribution in [0.15, 0.2) is 102 Å². The average molecular weight is 412 g/mol. The molecular weight excluding hydrogens is 390 g/mol. The average Bonchev–Trinajstić information content (AvgIpc) is 2.83. The molecule has 0 radical (unpaired) electrons. The molecule has 30 heavy (non-hydrogen) atoms. The summed E-state index contributed by atoms with van der Waals surface area (Å²) < 4.78 is 0. The summed E-state index contributed by atoms with van der Waals surface area (Å²) in [5.74, 6) is 0.290. The normalized spacial score (nSPS) is 10.5. The van der Waals surface area contributed by atoms with Gasteiger partial charge in [0.25, 0.3) is 0 Å². The maximum atomic E-state index is 12.0. The van der Waals surface area contributed by atoms with Crippen molar-refractivity contribution in [2.75, 3.05) is 5.75 Å². The van der Waals surface area contributed by atoms with Crippen LogP contribution in [0.2, 0.25) is 0 Å². The van der Waals surface area contributed by atoms with Crippen LogP contribution in [0.25, 0.3) is 22.4 Å². The van der Waals surface area contributed by atoms with Gasteiger partial charge in [-0.2, -0.15) is 0 Å². The fourth-order valence-corrected chi connectivity index (χ4v) is 3.65. The van der Waals surface area contributed by atoms with E-state index >= 15 is 0 Å². The van der Waals surface area contributed by atoms with Gasteiger partial charge in [0.05, 0.1) is 11.4 Å². The number of nitrogens with zero attached hydrogens (tertiary/aromatic N) is 2. The topological polar surface area (TPSA) is 54.9 Å². The van der Waals surface area contributed by atoms with Crippen molar-refractivity contribution in [2.45, 2.75) is 11.6 Å². The van der Waals surface area contributed by atoms with Gasteiger partial charge in [-0.05, 0) is 28.8 Å². The number of amides is 1. The van der Waals surface area contributed by atoms with E-state index < -0.39 is 0 Å². The Bertz CT molecular complexity index is 1080. The van der Waals surface area contributed by atoms with Crippen molar-refractivity contribution in [3.63, 3.8) is 0 Å². The number of thioether (sulfide) groups is 1. The van der Waals surface area contributed by atoms with Crippen molar-refractivity contribution < 1.29 is 4.79 Å². The van der Waals surface area contributed by atoms with E-state index in [-0.39, 0.29) is 5.91 Å². The molecule has 0 atom stereocenters. The molecule has 0 fully saturated rings. The minimum atomic E-state index is -0.0220. The highest BCUT2D eigenvalue weighted by atomic mass is 32.2. The summed E-state index contributed by atoms with van der Waals surface area (Å²) in [7, 11) is 0. The molecule has 0 aliphatic heterocycles. The van der Waals surface area contributed by atoms with Crippen molar-refractivity contribution in [3.8, 4) is 22.4 Å². The molecule has 3 aromatic carbocycles. The summed E-state index contributed by atoms with van der Waals surface area (Å²) in [5, 5.41) is 12.2. The van der Waals surface area contributed by atoms with Gasteiger partial charge < -0.3 is 5.32 Å². The van der Waals surface area contributed by atoms with Gasteiger partial charge in [0.2, 0.25) is 5.91 Å². The van der Waals surface area contributed by atoms with Crippen LogP contribution >= 0.6 is 11.8 Å². The smallest absolute Gasteiger partial charge is 0.230 e. The van der Waals surface area contributed by atoms with E-state index in [9.17, 15) is 4.79 Å². The number of rotatable bonds is 7.